The lowest BCUT2D eigenvalue weighted by Crippen LogP contribution is -2.32. The predicted molar refractivity (Wildman–Crippen MR) is 127 cm³/mol. The van der Waals surface area contributed by atoms with Crippen LogP contribution in [0.2, 0.25) is 0 Å². The summed E-state index contributed by atoms with van der Waals surface area (Å²) in [6, 6.07) is 17.0. The van der Waals surface area contributed by atoms with E-state index >= 15 is 0 Å². The summed E-state index contributed by atoms with van der Waals surface area (Å²) in [4.78, 5) is 12.4. The van der Waals surface area contributed by atoms with Gasteiger partial charge in [-0.15, -0.1) is 0 Å². The minimum absolute atomic E-state index is 0.117. The first-order valence-electron chi connectivity index (χ1n) is 11.1. The Bertz CT molecular complexity index is 1070. The second kappa shape index (κ2) is 11.3. The first-order chi connectivity index (χ1) is 16.2. The molecule has 3 aromatic rings. The topological polar surface area (TPSA) is 108 Å². The van der Waals surface area contributed by atoms with Gasteiger partial charge in [0, 0.05) is 12.7 Å². The summed E-state index contributed by atoms with van der Waals surface area (Å²) in [7, 11) is 0. The average molecular weight is 449 g/mol. The maximum Gasteiger partial charge on any atom is 0.256 e. The number of aromatic nitrogens is 2. The SMILES string of the molecule is O=C1Nc2cccc(OCC(O)CNCCCCOc3ccccc3)c2C1=Cc1ccn[nH]1. The number of benzene rings is 2. The number of aromatic amines is 1. The normalized spacial score (nSPS) is 14.7. The van der Waals surface area contributed by atoms with Crippen molar-refractivity contribution in [3.05, 3.63) is 72.1 Å². The van der Waals surface area contributed by atoms with Gasteiger partial charge in [-0.2, -0.15) is 5.10 Å². The summed E-state index contributed by atoms with van der Waals surface area (Å²) in [5, 5.41) is 23.2. The zero-order chi connectivity index (χ0) is 22.9. The van der Waals surface area contributed by atoms with Gasteiger partial charge in [0.2, 0.25) is 0 Å². The van der Waals surface area contributed by atoms with Crippen LogP contribution < -0.4 is 20.1 Å². The van der Waals surface area contributed by atoms with Gasteiger partial charge in [-0.25, -0.2) is 0 Å². The highest BCUT2D eigenvalue weighted by Crippen LogP contribution is 2.39. The van der Waals surface area contributed by atoms with E-state index < -0.39 is 6.10 Å². The lowest BCUT2D eigenvalue weighted by molar-refractivity contribution is -0.110. The number of aliphatic hydroxyl groups excluding tert-OH is 1. The number of H-pyrrole nitrogens is 1. The van der Waals surface area contributed by atoms with E-state index in [1.54, 1.807) is 24.4 Å². The molecule has 1 amide bonds. The molecule has 2 heterocycles. The molecular formula is C25H28N4O4. The molecule has 0 spiro atoms. The number of fused-ring (bicyclic) bond motifs is 1. The van der Waals surface area contributed by atoms with Crippen LogP contribution in [0.1, 0.15) is 24.1 Å². The maximum atomic E-state index is 12.4. The quantitative estimate of drug-likeness (QED) is 0.251. The first-order valence-corrected chi connectivity index (χ1v) is 11.1. The van der Waals surface area contributed by atoms with E-state index in [9.17, 15) is 9.90 Å². The number of nitrogens with one attached hydrogen (secondary N) is 3. The summed E-state index contributed by atoms with van der Waals surface area (Å²) < 4.78 is 11.6. The monoisotopic (exact) mass is 448 g/mol. The molecule has 0 saturated carbocycles. The number of carbonyl (C=O) groups excluding carboxylic acids is 1. The molecule has 8 heteroatoms. The van der Waals surface area contributed by atoms with Crippen LogP contribution >= 0.6 is 0 Å². The number of carbonyl (C=O) groups is 1. The third-order valence-corrected chi connectivity index (χ3v) is 5.18. The second-order valence-electron chi connectivity index (χ2n) is 7.74. The number of nitrogens with zero attached hydrogens (tertiary/aromatic N) is 1. The van der Waals surface area contributed by atoms with Crippen molar-refractivity contribution in [1.29, 1.82) is 0 Å². The zero-order valence-corrected chi connectivity index (χ0v) is 18.3. The summed E-state index contributed by atoms with van der Waals surface area (Å²) in [5.41, 5.74) is 2.60. The van der Waals surface area contributed by atoms with Crippen molar-refractivity contribution < 1.29 is 19.4 Å². The molecule has 4 rings (SSSR count). The van der Waals surface area contributed by atoms with Crippen molar-refractivity contribution in [2.75, 3.05) is 31.6 Å². The highest BCUT2D eigenvalue weighted by molar-refractivity contribution is 6.35. The fraction of sp³-hybridized carbons (Fsp3) is 0.280. The molecule has 1 atom stereocenters. The van der Waals surface area contributed by atoms with Gasteiger partial charge in [0.15, 0.2) is 0 Å². The Morgan fingerprint density at radius 1 is 1.06 bits per heavy atom. The zero-order valence-electron chi connectivity index (χ0n) is 18.3. The minimum atomic E-state index is -0.675. The van der Waals surface area contributed by atoms with Crippen LogP contribution in [-0.4, -0.2) is 53.6 Å². The van der Waals surface area contributed by atoms with E-state index in [0.717, 1.165) is 30.8 Å². The highest BCUT2D eigenvalue weighted by atomic mass is 16.5. The van der Waals surface area contributed by atoms with Crippen LogP contribution in [0, 0.1) is 0 Å². The lowest BCUT2D eigenvalue weighted by atomic mass is 10.0. The largest absolute Gasteiger partial charge is 0.494 e. The third-order valence-electron chi connectivity index (χ3n) is 5.18. The number of ether oxygens (including phenoxy) is 2. The fourth-order valence-corrected chi connectivity index (χ4v) is 3.55. The van der Waals surface area contributed by atoms with E-state index in [2.05, 4.69) is 20.8 Å². The summed E-state index contributed by atoms with van der Waals surface area (Å²) in [6.45, 7) is 1.98. The number of hydrogen-bond donors (Lipinski definition) is 4. The van der Waals surface area contributed by atoms with Crippen LogP contribution in [0.3, 0.4) is 0 Å². The van der Waals surface area contributed by atoms with Crippen molar-refractivity contribution in [2.45, 2.75) is 18.9 Å². The Morgan fingerprint density at radius 2 is 1.94 bits per heavy atom. The number of para-hydroxylation sites is 1. The number of anilines is 1. The number of unbranched alkanes of at least 4 members (excludes halogenated alkanes) is 1. The van der Waals surface area contributed by atoms with Gasteiger partial charge in [-0.05, 0) is 55.8 Å². The van der Waals surface area contributed by atoms with E-state index in [1.807, 2.05) is 42.5 Å². The highest BCUT2D eigenvalue weighted by Gasteiger charge is 2.28. The molecule has 1 unspecified atom stereocenters. The fourth-order valence-electron chi connectivity index (χ4n) is 3.55. The predicted octanol–water partition coefficient (Wildman–Crippen LogP) is 3.09. The standard InChI is InChI=1S/C25H28N4O4/c30-19(16-26-12-4-5-14-32-20-7-2-1-3-8-20)17-33-23-10-6-9-22-24(23)21(25(31)28-22)15-18-11-13-27-29-18/h1-3,6-11,13,15,19,26,30H,4-5,12,14,16-17H2,(H,27,29)(H,28,31). The summed E-state index contributed by atoms with van der Waals surface area (Å²) in [6.07, 6.45) is 4.56. The molecule has 8 nitrogen and oxygen atoms in total. The van der Waals surface area contributed by atoms with Gasteiger partial charge in [0.25, 0.3) is 5.91 Å². The molecule has 172 valence electrons. The van der Waals surface area contributed by atoms with Crippen LogP contribution in [0.4, 0.5) is 5.69 Å². The second-order valence-corrected chi connectivity index (χ2v) is 7.74. The summed E-state index contributed by atoms with van der Waals surface area (Å²) >= 11 is 0. The molecule has 0 saturated heterocycles. The van der Waals surface area contributed by atoms with Crippen molar-refractivity contribution in [1.82, 2.24) is 15.5 Å². The van der Waals surface area contributed by atoms with E-state index in [-0.39, 0.29) is 12.5 Å². The van der Waals surface area contributed by atoms with Gasteiger partial charge in [0.05, 0.1) is 29.1 Å². The van der Waals surface area contributed by atoms with Gasteiger partial charge in [0.1, 0.15) is 24.2 Å². The minimum Gasteiger partial charge on any atom is -0.494 e. The van der Waals surface area contributed by atoms with Crippen molar-refractivity contribution in [3.8, 4) is 11.5 Å². The molecule has 4 N–H and O–H groups in total. The van der Waals surface area contributed by atoms with Crippen LogP contribution in [0.5, 0.6) is 11.5 Å². The molecule has 1 aliphatic rings. The van der Waals surface area contributed by atoms with Crippen LogP contribution in [0.25, 0.3) is 11.6 Å². The molecule has 0 bridgehead atoms. The molecule has 33 heavy (non-hydrogen) atoms. The number of hydrogen-bond acceptors (Lipinski definition) is 6. The Labute approximate surface area is 192 Å². The van der Waals surface area contributed by atoms with Gasteiger partial charge < -0.3 is 25.2 Å². The smallest absolute Gasteiger partial charge is 0.256 e. The molecular weight excluding hydrogens is 420 g/mol. The van der Waals surface area contributed by atoms with Crippen LogP contribution in [0.15, 0.2) is 60.8 Å². The van der Waals surface area contributed by atoms with Gasteiger partial charge >= 0.3 is 0 Å². The van der Waals surface area contributed by atoms with Crippen molar-refractivity contribution in [2.24, 2.45) is 0 Å². The Hall–Kier alpha value is -3.62. The first kappa shape index (κ1) is 22.6. The van der Waals surface area contributed by atoms with Gasteiger partial charge in [-0.3, -0.25) is 9.89 Å². The number of rotatable bonds is 12. The van der Waals surface area contributed by atoms with Crippen molar-refractivity contribution >= 4 is 23.2 Å². The number of aliphatic hydroxyl groups is 1. The van der Waals surface area contributed by atoms with Gasteiger partial charge in [-0.1, -0.05) is 24.3 Å². The van der Waals surface area contributed by atoms with E-state index in [0.29, 0.717) is 35.7 Å². The van der Waals surface area contributed by atoms with Crippen molar-refractivity contribution in [3.63, 3.8) is 0 Å². The molecule has 0 radical (unpaired) electrons. The third kappa shape index (κ3) is 6.21. The molecule has 1 aliphatic heterocycles. The Balaban J connectivity index is 1.21. The molecule has 0 fully saturated rings. The van der Waals surface area contributed by atoms with E-state index in [4.69, 9.17) is 9.47 Å². The van der Waals surface area contributed by atoms with Crippen LogP contribution in [-0.2, 0) is 4.79 Å². The maximum absolute atomic E-state index is 12.4. The Kier molecular flexibility index (Phi) is 7.73. The average Bonchev–Trinajstić information content (AvgIpc) is 3.46. The molecule has 2 aromatic carbocycles. The molecule has 0 aliphatic carbocycles. The summed E-state index contributed by atoms with van der Waals surface area (Å²) in [5.74, 6) is 1.23. The Morgan fingerprint density at radius 3 is 2.76 bits per heavy atom. The van der Waals surface area contributed by atoms with E-state index in [1.165, 1.54) is 0 Å². The molecule has 1 aromatic heterocycles. The number of amides is 1. The lowest BCUT2D eigenvalue weighted by Gasteiger charge is -2.15.